The van der Waals surface area contributed by atoms with Crippen molar-refractivity contribution in [1.82, 2.24) is 29.9 Å². The number of hydrogen-bond donors (Lipinski definition) is 1. The molecule has 3 heterocycles. The van der Waals surface area contributed by atoms with E-state index in [4.69, 9.17) is 4.74 Å². The number of nitrogens with zero attached hydrogens (tertiary/aromatic N) is 5. The van der Waals surface area contributed by atoms with Gasteiger partial charge in [0.25, 0.3) is 0 Å². The highest BCUT2D eigenvalue weighted by Gasteiger charge is 2.44. The van der Waals surface area contributed by atoms with Crippen LogP contribution in [0, 0.1) is 18.8 Å². The van der Waals surface area contributed by atoms with Gasteiger partial charge in [0.1, 0.15) is 6.61 Å². The van der Waals surface area contributed by atoms with Crippen LogP contribution in [0.15, 0.2) is 6.20 Å². The summed E-state index contributed by atoms with van der Waals surface area (Å²) >= 11 is 0. The zero-order valence-corrected chi connectivity index (χ0v) is 14.7. The van der Waals surface area contributed by atoms with Crippen molar-refractivity contribution in [2.75, 3.05) is 20.2 Å². The molecule has 0 unspecified atom stereocenters. The zero-order chi connectivity index (χ0) is 16.7. The maximum atomic E-state index is 5.15. The number of methoxy groups -OCH3 is 1. The zero-order valence-electron chi connectivity index (χ0n) is 14.7. The Morgan fingerprint density at radius 3 is 2.83 bits per heavy atom. The van der Waals surface area contributed by atoms with Gasteiger partial charge >= 0.3 is 0 Å². The fourth-order valence-electron chi connectivity index (χ4n) is 4.01. The Hall–Kier alpha value is -1.73. The summed E-state index contributed by atoms with van der Waals surface area (Å²) in [5.41, 5.74) is 2.57. The number of aryl methyl sites for hydroxylation is 2. The third kappa shape index (κ3) is 2.98. The maximum absolute atomic E-state index is 5.15. The van der Waals surface area contributed by atoms with Gasteiger partial charge in [0.05, 0.1) is 11.9 Å². The first-order valence-corrected chi connectivity index (χ1v) is 8.75. The second-order valence-corrected chi connectivity index (χ2v) is 7.27. The Labute approximate surface area is 142 Å². The number of aromatic amines is 1. The molecule has 1 aliphatic carbocycles. The highest BCUT2D eigenvalue weighted by molar-refractivity contribution is 5.16. The molecule has 130 valence electrons. The number of likely N-dealkylation sites (tertiary alicyclic amines) is 1. The van der Waals surface area contributed by atoms with Crippen LogP contribution >= 0.6 is 0 Å². The first kappa shape index (κ1) is 15.8. The van der Waals surface area contributed by atoms with Gasteiger partial charge in [-0.1, -0.05) is 0 Å². The number of H-pyrrole nitrogens is 1. The Kier molecular flexibility index (Phi) is 4.14. The molecule has 0 radical (unpaired) electrons. The van der Waals surface area contributed by atoms with Gasteiger partial charge in [0, 0.05) is 39.7 Å². The van der Waals surface area contributed by atoms with Gasteiger partial charge in [0.15, 0.2) is 11.6 Å². The summed E-state index contributed by atoms with van der Waals surface area (Å²) in [5, 5.41) is 11.9. The highest BCUT2D eigenvalue weighted by Crippen LogP contribution is 2.47. The molecule has 4 rings (SSSR count). The Morgan fingerprint density at radius 2 is 2.17 bits per heavy atom. The van der Waals surface area contributed by atoms with Crippen molar-refractivity contribution in [3.8, 4) is 0 Å². The van der Waals surface area contributed by atoms with Crippen LogP contribution in [-0.4, -0.2) is 50.1 Å². The van der Waals surface area contributed by atoms with E-state index in [0.29, 0.717) is 18.4 Å². The minimum absolute atomic E-state index is 0.424. The van der Waals surface area contributed by atoms with Crippen LogP contribution in [0.2, 0.25) is 0 Å². The fourth-order valence-corrected chi connectivity index (χ4v) is 4.01. The van der Waals surface area contributed by atoms with Gasteiger partial charge in [-0.05, 0) is 37.2 Å². The smallest absolute Gasteiger partial charge is 0.155 e. The minimum atomic E-state index is 0.424. The average molecular weight is 330 g/mol. The Morgan fingerprint density at radius 1 is 1.33 bits per heavy atom. The van der Waals surface area contributed by atoms with Gasteiger partial charge in [-0.3, -0.25) is 14.7 Å². The van der Waals surface area contributed by atoms with Crippen LogP contribution in [0.1, 0.15) is 41.7 Å². The summed E-state index contributed by atoms with van der Waals surface area (Å²) in [6, 6.07) is 0. The predicted molar refractivity (Wildman–Crippen MR) is 89.3 cm³/mol. The standard InChI is InChI=1S/C17H26N6O/c1-11-6-18-22(2)15(11)9-23-7-13(12-4-5-12)14(8-23)17-19-16(10-24-3)20-21-17/h6,12-14H,4-5,7-10H2,1-3H3,(H,19,20,21)/t13-,14+/m1/s1. The molecular weight excluding hydrogens is 304 g/mol. The lowest BCUT2D eigenvalue weighted by atomic mass is 9.91. The molecule has 24 heavy (non-hydrogen) atoms. The molecule has 2 fully saturated rings. The van der Waals surface area contributed by atoms with E-state index in [1.54, 1.807) is 7.11 Å². The number of ether oxygens (including phenoxy) is 1. The number of aromatic nitrogens is 5. The Balaban J connectivity index is 1.51. The molecule has 2 atom stereocenters. The molecule has 1 saturated heterocycles. The van der Waals surface area contributed by atoms with Crippen molar-refractivity contribution in [2.45, 2.75) is 38.8 Å². The fraction of sp³-hybridized carbons (Fsp3) is 0.706. The van der Waals surface area contributed by atoms with Crippen molar-refractivity contribution in [2.24, 2.45) is 18.9 Å². The van der Waals surface area contributed by atoms with Gasteiger partial charge in [0.2, 0.25) is 0 Å². The maximum Gasteiger partial charge on any atom is 0.155 e. The summed E-state index contributed by atoms with van der Waals surface area (Å²) in [7, 11) is 3.71. The van der Waals surface area contributed by atoms with E-state index in [9.17, 15) is 0 Å². The number of nitrogens with one attached hydrogen (secondary N) is 1. The van der Waals surface area contributed by atoms with Crippen LogP contribution in [0.4, 0.5) is 0 Å². The van der Waals surface area contributed by atoms with Crippen molar-refractivity contribution in [1.29, 1.82) is 0 Å². The van der Waals surface area contributed by atoms with E-state index < -0.39 is 0 Å². The van der Waals surface area contributed by atoms with E-state index in [-0.39, 0.29) is 0 Å². The first-order chi connectivity index (χ1) is 11.7. The molecule has 1 aliphatic heterocycles. The van der Waals surface area contributed by atoms with Crippen LogP contribution in [0.3, 0.4) is 0 Å². The lowest BCUT2D eigenvalue weighted by Gasteiger charge is -2.16. The summed E-state index contributed by atoms with van der Waals surface area (Å²) < 4.78 is 7.15. The summed E-state index contributed by atoms with van der Waals surface area (Å²) in [5.74, 6) is 3.72. The molecule has 0 spiro atoms. The molecule has 0 aromatic carbocycles. The third-order valence-electron chi connectivity index (χ3n) is 5.47. The van der Waals surface area contributed by atoms with E-state index in [2.05, 4.69) is 32.1 Å². The lowest BCUT2D eigenvalue weighted by molar-refractivity contribution is 0.178. The first-order valence-electron chi connectivity index (χ1n) is 8.75. The molecule has 1 saturated carbocycles. The second-order valence-electron chi connectivity index (χ2n) is 7.27. The quantitative estimate of drug-likeness (QED) is 0.871. The average Bonchev–Trinajstić information content (AvgIpc) is 3.03. The molecule has 2 aromatic rings. The van der Waals surface area contributed by atoms with Gasteiger partial charge in [-0.25, -0.2) is 4.98 Å². The molecular formula is C17H26N6O. The van der Waals surface area contributed by atoms with Crippen molar-refractivity contribution < 1.29 is 4.74 Å². The summed E-state index contributed by atoms with van der Waals surface area (Å²) in [4.78, 5) is 7.22. The number of rotatable bonds is 6. The molecule has 0 amide bonds. The van der Waals surface area contributed by atoms with Gasteiger partial charge < -0.3 is 4.74 Å². The van der Waals surface area contributed by atoms with E-state index in [1.165, 1.54) is 24.1 Å². The molecule has 0 bridgehead atoms. The summed E-state index contributed by atoms with van der Waals surface area (Å²) in [6.07, 6.45) is 4.66. The van der Waals surface area contributed by atoms with Crippen LogP contribution in [0.25, 0.3) is 0 Å². The van der Waals surface area contributed by atoms with Crippen molar-refractivity contribution >= 4 is 0 Å². The predicted octanol–water partition coefficient (Wildman–Crippen LogP) is 1.62. The second kappa shape index (κ2) is 6.29. The van der Waals surface area contributed by atoms with Gasteiger partial charge in [-0.2, -0.15) is 10.2 Å². The monoisotopic (exact) mass is 330 g/mol. The lowest BCUT2D eigenvalue weighted by Crippen LogP contribution is -2.22. The highest BCUT2D eigenvalue weighted by atomic mass is 16.5. The molecule has 7 nitrogen and oxygen atoms in total. The largest absolute Gasteiger partial charge is 0.377 e. The molecule has 2 aliphatic rings. The van der Waals surface area contributed by atoms with Crippen LogP contribution in [-0.2, 0) is 24.9 Å². The van der Waals surface area contributed by atoms with Crippen LogP contribution < -0.4 is 0 Å². The van der Waals surface area contributed by atoms with Crippen molar-refractivity contribution in [3.63, 3.8) is 0 Å². The van der Waals surface area contributed by atoms with E-state index in [0.717, 1.165) is 37.2 Å². The van der Waals surface area contributed by atoms with E-state index >= 15 is 0 Å². The molecule has 7 heteroatoms. The third-order valence-corrected chi connectivity index (χ3v) is 5.47. The molecule has 2 aromatic heterocycles. The van der Waals surface area contributed by atoms with Crippen LogP contribution in [0.5, 0.6) is 0 Å². The number of hydrogen-bond acceptors (Lipinski definition) is 5. The van der Waals surface area contributed by atoms with Gasteiger partial charge in [-0.15, -0.1) is 0 Å². The SMILES string of the molecule is COCc1nc([C@H]2CN(Cc3c(C)cnn3C)C[C@@H]2C2CC2)n[nH]1. The minimum Gasteiger partial charge on any atom is -0.377 e. The van der Waals surface area contributed by atoms with E-state index in [1.807, 2.05) is 17.9 Å². The summed E-state index contributed by atoms with van der Waals surface area (Å²) in [6.45, 7) is 5.74. The molecule has 1 N–H and O–H groups in total. The normalized spacial score (nSPS) is 24.8. The topological polar surface area (TPSA) is 71.9 Å². The Bertz CT molecular complexity index is 684. The van der Waals surface area contributed by atoms with Crippen molar-refractivity contribution in [3.05, 3.63) is 29.1 Å².